The molecule has 1 aliphatic heterocycles. The minimum atomic E-state index is -3.48. The third-order valence-electron chi connectivity index (χ3n) is 4.14. The maximum absolute atomic E-state index is 12.7. The van der Waals surface area contributed by atoms with Crippen LogP contribution in [0.15, 0.2) is 23.1 Å². The lowest BCUT2D eigenvalue weighted by atomic mass is 9.95. The average molecular weight is 347 g/mol. The van der Waals surface area contributed by atoms with Gasteiger partial charge in [0.25, 0.3) is 0 Å². The van der Waals surface area contributed by atoms with E-state index in [0.29, 0.717) is 29.8 Å². The van der Waals surface area contributed by atoms with Gasteiger partial charge in [0.2, 0.25) is 10.0 Å². The van der Waals surface area contributed by atoms with Crippen LogP contribution in [0.1, 0.15) is 19.3 Å². The maximum Gasteiger partial charge on any atom is 0.243 e. The summed E-state index contributed by atoms with van der Waals surface area (Å²) >= 11 is 6.04. The van der Waals surface area contributed by atoms with Gasteiger partial charge >= 0.3 is 0 Å². The first-order chi connectivity index (χ1) is 10.5. The number of ether oxygens (including phenoxy) is 1. The molecule has 1 saturated heterocycles. The van der Waals surface area contributed by atoms with Gasteiger partial charge in [0.1, 0.15) is 5.75 Å². The van der Waals surface area contributed by atoms with E-state index in [1.807, 2.05) is 7.05 Å². The van der Waals surface area contributed by atoms with Crippen molar-refractivity contribution >= 4 is 21.6 Å². The number of hydrogen-bond donors (Lipinski definition) is 1. The van der Waals surface area contributed by atoms with Crippen LogP contribution in [0.3, 0.4) is 0 Å². The standard InChI is InChI=1S/C15H23ClN2O3S/c1-17-8-5-12-6-9-18(10-7-12)22(19,20)13-3-4-15(21-2)14(16)11-13/h3-4,11-12,17H,5-10H2,1-2H3. The molecule has 1 fully saturated rings. The molecule has 0 radical (unpaired) electrons. The number of sulfonamides is 1. The topological polar surface area (TPSA) is 58.6 Å². The van der Waals surface area contributed by atoms with E-state index in [9.17, 15) is 8.42 Å². The highest BCUT2D eigenvalue weighted by Crippen LogP contribution is 2.30. The van der Waals surface area contributed by atoms with Gasteiger partial charge < -0.3 is 10.1 Å². The van der Waals surface area contributed by atoms with E-state index in [1.165, 1.54) is 13.2 Å². The summed E-state index contributed by atoms with van der Waals surface area (Å²) in [5.74, 6) is 1.07. The molecule has 5 nitrogen and oxygen atoms in total. The van der Waals surface area contributed by atoms with Gasteiger partial charge in [-0.05, 0) is 57.0 Å². The van der Waals surface area contributed by atoms with Gasteiger partial charge in [0.05, 0.1) is 17.0 Å². The van der Waals surface area contributed by atoms with E-state index < -0.39 is 10.0 Å². The lowest BCUT2D eigenvalue weighted by molar-refractivity contribution is 0.263. The van der Waals surface area contributed by atoms with Crippen molar-refractivity contribution in [3.05, 3.63) is 23.2 Å². The maximum atomic E-state index is 12.7. The van der Waals surface area contributed by atoms with Crippen LogP contribution in [0, 0.1) is 5.92 Å². The molecular formula is C15H23ClN2O3S. The van der Waals surface area contributed by atoms with Gasteiger partial charge in [-0.25, -0.2) is 8.42 Å². The average Bonchev–Trinajstić information content (AvgIpc) is 2.53. The van der Waals surface area contributed by atoms with Crippen molar-refractivity contribution in [3.8, 4) is 5.75 Å². The first-order valence-corrected chi connectivity index (χ1v) is 9.29. The Kier molecular flexibility index (Phi) is 6.09. The normalized spacial score (nSPS) is 17.6. The zero-order valence-electron chi connectivity index (χ0n) is 13.0. The van der Waals surface area contributed by atoms with Gasteiger partial charge in [-0.3, -0.25) is 0 Å². The Morgan fingerprint density at radius 3 is 2.59 bits per heavy atom. The molecule has 0 amide bonds. The van der Waals surface area contributed by atoms with Crippen LogP contribution < -0.4 is 10.1 Å². The summed E-state index contributed by atoms with van der Waals surface area (Å²) < 4.78 is 32.0. The zero-order chi connectivity index (χ0) is 16.2. The fourth-order valence-corrected chi connectivity index (χ4v) is 4.56. The van der Waals surface area contributed by atoms with Gasteiger partial charge in [-0.1, -0.05) is 11.6 Å². The van der Waals surface area contributed by atoms with Crippen LogP contribution in [0.2, 0.25) is 5.02 Å². The highest BCUT2D eigenvalue weighted by Gasteiger charge is 2.29. The Morgan fingerprint density at radius 2 is 2.05 bits per heavy atom. The smallest absolute Gasteiger partial charge is 0.243 e. The monoisotopic (exact) mass is 346 g/mol. The molecule has 124 valence electrons. The van der Waals surface area contributed by atoms with Crippen LogP contribution in [0.25, 0.3) is 0 Å². The van der Waals surface area contributed by atoms with E-state index in [1.54, 1.807) is 16.4 Å². The number of piperidine rings is 1. The minimum absolute atomic E-state index is 0.229. The molecule has 0 unspecified atom stereocenters. The van der Waals surface area contributed by atoms with E-state index >= 15 is 0 Å². The summed E-state index contributed by atoms with van der Waals surface area (Å²) in [6, 6.07) is 4.60. The number of halogens is 1. The first-order valence-electron chi connectivity index (χ1n) is 7.47. The molecule has 1 N–H and O–H groups in total. The van der Waals surface area contributed by atoms with Crippen molar-refractivity contribution in [1.82, 2.24) is 9.62 Å². The predicted molar refractivity (Wildman–Crippen MR) is 88.0 cm³/mol. The van der Waals surface area contributed by atoms with E-state index in [2.05, 4.69) is 5.32 Å². The third kappa shape index (κ3) is 3.93. The van der Waals surface area contributed by atoms with Gasteiger partial charge in [-0.15, -0.1) is 0 Å². The van der Waals surface area contributed by atoms with Crippen molar-refractivity contribution in [2.45, 2.75) is 24.2 Å². The van der Waals surface area contributed by atoms with Crippen molar-refractivity contribution in [2.24, 2.45) is 5.92 Å². The molecule has 2 rings (SSSR count). The van der Waals surface area contributed by atoms with Crippen LogP contribution in [-0.2, 0) is 10.0 Å². The summed E-state index contributed by atoms with van der Waals surface area (Å²) in [5.41, 5.74) is 0. The number of benzene rings is 1. The molecule has 0 bridgehead atoms. The Morgan fingerprint density at radius 1 is 1.36 bits per heavy atom. The quantitative estimate of drug-likeness (QED) is 0.859. The molecule has 0 saturated carbocycles. The largest absolute Gasteiger partial charge is 0.495 e. The Hall–Kier alpha value is -0.820. The van der Waals surface area contributed by atoms with Crippen LogP contribution in [0.4, 0.5) is 0 Å². The van der Waals surface area contributed by atoms with E-state index in [0.717, 1.165) is 25.8 Å². The summed E-state index contributed by atoms with van der Waals surface area (Å²) in [7, 11) is -0.0330. The third-order valence-corrected chi connectivity index (χ3v) is 6.33. The minimum Gasteiger partial charge on any atom is -0.495 e. The molecule has 0 atom stereocenters. The van der Waals surface area contributed by atoms with Crippen LogP contribution >= 0.6 is 11.6 Å². The summed E-state index contributed by atoms with van der Waals surface area (Å²) in [6.45, 7) is 2.12. The van der Waals surface area contributed by atoms with Crippen LogP contribution in [0.5, 0.6) is 5.75 Å². The highest BCUT2D eigenvalue weighted by molar-refractivity contribution is 7.89. The molecule has 7 heteroatoms. The molecule has 1 aromatic carbocycles. The lowest BCUT2D eigenvalue weighted by Crippen LogP contribution is -2.38. The summed E-state index contributed by atoms with van der Waals surface area (Å²) in [4.78, 5) is 0.229. The summed E-state index contributed by atoms with van der Waals surface area (Å²) in [6.07, 6.45) is 2.91. The second kappa shape index (κ2) is 7.64. The highest BCUT2D eigenvalue weighted by atomic mass is 35.5. The predicted octanol–water partition coefficient (Wildman–Crippen LogP) is 2.36. The number of nitrogens with zero attached hydrogens (tertiary/aromatic N) is 1. The van der Waals surface area contributed by atoms with Crippen molar-refractivity contribution in [3.63, 3.8) is 0 Å². The molecular weight excluding hydrogens is 324 g/mol. The van der Waals surface area contributed by atoms with E-state index in [-0.39, 0.29) is 4.90 Å². The SMILES string of the molecule is CNCCC1CCN(S(=O)(=O)c2ccc(OC)c(Cl)c2)CC1. The molecule has 1 heterocycles. The van der Waals surface area contributed by atoms with Crippen molar-refractivity contribution in [1.29, 1.82) is 0 Å². The molecule has 22 heavy (non-hydrogen) atoms. The summed E-state index contributed by atoms with van der Waals surface area (Å²) in [5, 5.41) is 3.45. The second-order valence-corrected chi connectivity index (χ2v) is 7.88. The number of nitrogens with one attached hydrogen (secondary N) is 1. The number of hydrogen-bond acceptors (Lipinski definition) is 4. The van der Waals surface area contributed by atoms with Crippen molar-refractivity contribution in [2.75, 3.05) is 33.8 Å². The van der Waals surface area contributed by atoms with E-state index in [4.69, 9.17) is 16.3 Å². The van der Waals surface area contributed by atoms with Crippen LogP contribution in [-0.4, -0.2) is 46.5 Å². The Balaban J connectivity index is 2.07. The fourth-order valence-electron chi connectivity index (χ4n) is 2.74. The first kappa shape index (κ1) is 17.5. The Bertz CT molecular complexity index is 599. The zero-order valence-corrected chi connectivity index (χ0v) is 14.6. The Labute approximate surface area is 137 Å². The van der Waals surface area contributed by atoms with Gasteiger partial charge in [0, 0.05) is 13.1 Å². The molecule has 1 aromatic rings. The molecule has 1 aliphatic rings. The van der Waals surface area contributed by atoms with Crippen molar-refractivity contribution < 1.29 is 13.2 Å². The van der Waals surface area contributed by atoms with Gasteiger partial charge in [0.15, 0.2) is 0 Å². The lowest BCUT2D eigenvalue weighted by Gasteiger charge is -2.31. The molecule has 0 aliphatic carbocycles. The number of methoxy groups -OCH3 is 1. The number of rotatable bonds is 6. The molecule has 0 spiro atoms. The second-order valence-electron chi connectivity index (χ2n) is 5.54. The fraction of sp³-hybridized carbons (Fsp3) is 0.600. The van der Waals surface area contributed by atoms with Gasteiger partial charge in [-0.2, -0.15) is 4.31 Å². The molecule has 0 aromatic heterocycles.